The highest BCUT2D eigenvalue weighted by Gasteiger charge is 2.55. The first-order chi connectivity index (χ1) is 13.4. The maximum absolute atomic E-state index is 5.49. The van der Waals surface area contributed by atoms with E-state index in [-0.39, 0.29) is 0 Å². The van der Waals surface area contributed by atoms with Gasteiger partial charge in [0.25, 0.3) is 0 Å². The lowest BCUT2D eigenvalue weighted by molar-refractivity contribution is 0.00968. The number of aryl methyl sites for hydroxylation is 1. The predicted molar refractivity (Wildman–Crippen MR) is 119 cm³/mol. The molecule has 3 aliphatic carbocycles. The summed E-state index contributed by atoms with van der Waals surface area (Å²) < 4.78 is 5.49. The summed E-state index contributed by atoms with van der Waals surface area (Å²) in [4.78, 5) is 0. The summed E-state index contributed by atoms with van der Waals surface area (Å²) >= 11 is 0. The van der Waals surface area contributed by atoms with Gasteiger partial charge in [0.2, 0.25) is 0 Å². The molecule has 0 bridgehead atoms. The summed E-state index contributed by atoms with van der Waals surface area (Å²) in [5.41, 5.74) is 3.83. The highest BCUT2D eigenvalue weighted by Crippen LogP contribution is 2.64. The van der Waals surface area contributed by atoms with E-state index >= 15 is 0 Å². The third-order valence-electron chi connectivity index (χ3n) is 9.13. The molecule has 28 heavy (non-hydrogen) atoms. The van der Waals surface area contributed by atoms with Crippen LogP contribution in [-0.4, -0.2) is 7.11 Å². The molecular formula is C27H42O. The summed E-state index contributed by atoms with van der Waals surface area (Å²) in [5, 5.41) is 0. The van der Waals surface area contributed by atoms with Crippen molar-refractivity contribution in [3.05, 3.63) is 29.3 Å². The summed E-state index contributed by atoms with van der Waals surface area (Å²) in [5.74, 6) is 6.45. The van der Waals surface area contributed by atoms with E-state index in [9.17, 15) is 0 Å². The van der Waals surface area contributed by atoms with Crippen molar-refractivity contribution < 1.29 is 4.74 Å². The Morgan fingerprint density at radius 3 is 2.64 bits per heavy atom. The normalized spacial score (nSPS) is 35.2. The van der Waals surface area contributed by atoms with Crippen molar-refractivity contribution in [2.24, 2.45) is 35.0 Å². The molecule has 0 radical (unpaired) electrons. The average Bonchev–Trinajstić information content (AvgIpc) is 3.04. The van der Waals surface area contributed by atoms with Crippen LogP contribution >= 0.6 is 0 Å². The first-order valence-corrected chi connectivity index (χ1v) is 12.1. The Balaban J connectivity index is 1.49. The Morgan fingerprint density at radius 1 is 1.07 bits per heavy atom. The Morgan fingerprint density at radius 2 is 1.89 bits per heavy atom. The minimum absolute atomic E-state index is 0.600. The zero-order chi connectivity index (χ0) is 19.9. The Kier molecular flexibility index (Phi) is 5.83. The van der Waals surface area contributed by atoms with Crippen molar-refractivity contribution in [3.8, 4) is 5.75 Å². The molecule has 4 rings (SSSR count). The van der Waals surface area contributed by atoms with Crippen molar-refractivity contribution in [1.29, 1.82) is 0 Å². The van der Waals surface area contributed by atoms with Crippen LogP contribution in [0.3, 0.4) is 0 Å². The number of hydrogen-bond donors (Lipinski definition) is 0. The first kappa shape index (κ1) is 20.3. The second-order valence-electron chi connectivity index (χ2n) is 11.0. The van der Waals surface area contributed by atoms with E-state index in [1.54, 1.807) is 18.2 Å². The summed E-state index contributed by atoms with van der Waals surface area (Å²) in [6, 6.07) is 6.91. The number of rotatable bonds is 6. The standard InChI is InChI=1S/C27H42O/c1-18(2)7-6-8-19(3)25-13-14-26-24-11-9-20-17-21(28-5)10-12-22(20)23(24)15-16-27(25,26)4/h10,12,17-19,23-26H,6-9,11,13-16H2,1-5H3/t19?,23-,24-,25-,26+,27-/m1/s1. The summed E-state index contributed by atoms with van der Waals surface area (Å²) in [6.07, 6.45) is 12.8. The van der Waals surface area contributed by atoms with E-state index in [2.05, 4.69) is 45.9 Å². The molecule has 0 aliphatic heterocycles. The van der Waals surface area contributed by atoms with E-state index < -0.39 is 0 Å². The number of hydrogen-bond acceptors (Lipinski definition) is 1. The second kappa shape index (κ2) is 8.04. The van der Waals surface area contributed by atoms with Crippen LogP contribution in [0.2, 0.25) is 0 Å². The zero-order valence-corrected chi connectivity index (χ0v) is 19.0. The van der Waals surface area contributed by atoms with Gasteiger partial charge in [0, 0.05) is 0 Å². The lowest BCUT2D eigenvalue weighted by Gasteiger charge is -2.52. The maximum Gasteiger partial charge on any atom is 0.119 e. The highest BCUT2D eigenvalue weighted by atomic mass is 16.5. The second-order valence-corrected chi connectivity index (χ2v) is 11.0. The minimum Gasteiger partial charge on any atom is -0.497 e. The fraction of sp³-hybridized carbons (Fsp3) is 0.778. The van der Waals surface area contributed by atoms with Gasteiger partial charge in [-0.25, -0.2) is 0 Å². The molecule has 0 N–H and O–H groups in total. The van der Waals surface area contributed by atoms with Gasteiger partial charge in [-0.1, -0.05) is 53.0 Å². The summed E-state index contributed by atoms with van der Waals surface area (Å²) in [6.45, 7) is 10.0. The fourth-order valence-corrected chi connectivity index (χ4v) is 7.71. The molecule has 1 unspecified atom stereocenters. The molecular weight excluding hydrogens is 340 g/mol. The van der Waals surface area contributed by atoms with Gasteiger partial charge in [-0.15, -0.1) is 0 Å². The van der Waals surface area contributed by atoms with E-state index in [1.807, 2.05) is 0 Å². The quantitative estimate of drug-likeness (QED) is 0.491. The Hall–Kier alpha value is -0.980. The van der Waals surface area contributed by atoms with Gasteiger partial charge < -0.3 is 4.74 Å². The molecule has 1 nitrogen and oxygen atoms in total. The van der Waals surface area contributed by atoms with Crippen molar-refractivity contribution in [1.82, 2.24) is 0 Å². The Labute approximate surface area is 173 Å². The van der Waals surface area contributed by atoms with E-state index in [0.717, 1.165) is 41.3 Å². The van der Waals surface area contributed by atoms with Crippen molar-refractivity contribution >= 4 is 0 Å². The van der Waals surface area contributed by atoms with Crippen LogP contribution < -0.4 is 4.74 Å². The topological polar surface area (TPSA) is 9.23 Å². The van der Waals surface area contributed by atoms with Crippen LogP contribution in [0.25, 0.3) is 0 Å². The van der Waals surface area contributed by atoms with Crippen LogP contribution in [-0.2, 0) is 6.42 Å². The lowest BCUT2D eigenvalue weighted by atomic mass is 9.53. The van der Waals surface area contributed by atoms with Crippen LogP contribution in [0.15, 0.2) is 18.2 Å². The van der Waals surface area contributed by atoms with Crippen LogP contribution in [0.4, 0.5) is 0 Å². The minimum atomic E-state index is 0.600. The molecule has 0 amide bonds. The van der Waals surface area contributed by atoms with Crippen LogP contribution in [0, 0.1) is 35.0 Å². The number of fused-ring (bicyclic) bond motifs is 5. The van der Waals surface area contributed by atoms with Gasteiger partial charge in [-0.2, -0.15) is 0 Å². The molecule has 1 heteroatoms. The van der Waals surface area contributed by atoms with Gasteiger partial charge in [0.15, 0.2) is 0 Å². The van der Waals surface area contributed by atoms with Crippen molar-refractivity contribution in [3.63, 3.8) is 0 Å². The van der Waals surface area contributed by atoms with Crippen molar-refractivity contribution in [2.75, 3.05) is 7.11 Å². The maximum atomic E-state index is 5.49. The molecule has 0 heterocycles. The number of methoxy groups -OCH3 is 1. The molecule has 1 aromatic carbocycles. The molecule has 0 spiro atoms. The van der Waals surface area contributed by atoms with Gasteiger partial charge >= 0.3 is 0 Å². The zero-order valence-electron chi connectivity index (χ0n) is 19.0. The lowest BCUT2D eigenvalue weighted by Crippen LogP contribution is -2.43. The molecule has 2 saturated carbocycles. The van der Waals surface area contributed by atoms with Crippen LogP contribution in [0.1, 0.15) is 96.1 Å². The SMILES string of the molecule is COc1ccc2c(c1)CC[C@@H]1[C@@H]2CC[C@]2(C)[C@@H](C(C)CCCC(C)C)CC[C@@H]12. The average molecular weight is 383 g/mol. The third kappa shape index (κ3) is 3.52. The highest BCUT2D eigenvalue weighted by molar-refractivity contribution is 5.40. The largest absolute Gasteiger partial charge is 0.497 e. The first-order valence-electron chi connectivity index (χ1n) is 12.1. The monoisotopic (exact) mass is 382 g/mol. The van der Waals surface area contributed by atoms with Gasteiger partial charge in [-0.05, 0) is 103 Å². The smallest absolute Gasteiger partial charge is 0.119 e. The number of ether oxygens (including phenoxy) is 1. The molecule has 1 aromatic rings. The predicted octanol–water partition coefficient (Wildman–Crippen LogP) is 7.63. The molecule has 0 aromatic heterocycles. The summed E-state index contributed by atoms with van der Waals surface area (Å²) in [7, 11) is 1.79. The van der Waals surface area contributed by atoms with E-state index in [0.29, 0.717) is 5.41 Å². The molecule has 3 aliphatic rings. The molecule has 0 saturated heterocycles. The Bertz CT molecular complexity index is 677. The fourth-order valence-electron chi connectivity index (χ4n) is 7.71. The van der Waals surface area contributed by atoms with E-state index in [4.69, 9.17) is 4.74 Å². The number of benzene rings is 1. The van der Waals surface area contributed by atoms with Crippen LogP contribution in [0.5, 0.6) is 5.75 Å². The van der Waals surface area contributed by atoms with Crippen molar-refractivity contribution in [2.45, 2.75) is 91.4 Å². The molecule has 6 atom stereocenters. The van der Waals surface area contributed by atoms with E-state index in [1.165, 1.54) is 57.8 Å². The molecule has 156 valence electrons. The van der Waals surface area contributed by atoms with Gasteiger partial charge in [-0.3, -0.25) is 0 Å². The van der Waals surface area contributed by atoms with Gasteiger partial charge in [0.1, 0.15) is 5.75 Å². The third-order valence-corrected chi connectivity index (χ3v) is 9.13. The van der Waals surface area contributed by atoms with Gasteiger partial charge in [0.05, 0.1) is 7.11 Å². The molecule has 2 fully saturated rings.